The molecule has 1 heterocycles. The van der Waals surface area contributed by atoms with E-state index in [-0.39, 0.29) is 24.5 Å². The van der Waals surface area contributed by atoms with Gasteiger partial charge in [0.15, 0.2) is 0 Å². The number of hydrogen-bond donors (Lipinski definition) is 1. The molecule has 0 unspecified atom stereocenters. The van der Waals surface area contributed by atoms with E-state index in [1.165, 1.54) is 0 Å². The number of rotatable bonds is 0. The third-order valence-electron chi connectivity index (χ3n) is 1.88. The van der Waals surface area contributed by atoms with Gasteiger partial charge in [-0.15, -0.1) is 12.4 Å². The summed E-state index contributed by atoms with van der Waals surface area (Å²) in [6, 6.07) is 0.118. The molecule has 0 aromatic carbocycles. The monoisotopic (exact) mass is 222 g/mol. The van der Waals surface area contributed by atoms with Crippen LogP contribution in [0.2, 0.25) is 0 Å². The Kier molecular flexibility index (Phi) is 4.68. The molecule has 0 bridgehead atoms. The fraction of sp³-hybridized carbons (Fsp3) is 0.889. The maximum atomic E-state index is 11.5. The van der Waals surface area contributed by atoms with E-state index in [0.717, 1.165) is 13.0 Å². The van der Waals surface area contributed by atoms with Gasteiger partial charge < -0.3 is 15.4 Å². The van der Waals surface area contributed by atoms with Crippen molar-refractivity contribution < 1.29 is 9.53 Å². The Morgan fingerprint density at radius 1 is 1.50 bits per heavy atom. The summed E-state index contributed by atoms with van der Waals surface area (Å²) in [5, 5.41) is 0. The van der Waals surface area contributed by atoms with Crippen molar-refractivity contribution in [3.05, 3.63) is 0 Å². The largest absolute Gasteiger partial charge is 0.444 e. The minimum absolute atomic E-state index is 0. The molecule has 1 rings (SSSR count). The van der Waals surface area contributed by atoms with Crippen LogP contribution in [0.5, 0.6) is 0 Å². The predicted octanol–water partition coefficient (Wildman–Crippen LogP) is 1.38. The Morgan fingerprint density at radius 3 is 2.43 bits per heavy atom. The number of carbonyl (C=O) groups excluding carboxylic acids is 1. The highest BCUT2D eigenvalue weighted by atomic mass is 35.5. The van der Waals surface area contributed by atoms with Crippen LogP contribution in [0.25, 0.3) is 0 Å². The van der Waals surface area contributed by atoms with E-state index in [2.05, 4.69) is 0 Å². The number of halogens is 1. The standard InChI is InChI=1S/C9H18N2O2.ClH/c1-9(2,3)13-8(12)11-5-4-7(10)6-11;/h7H,4-6,10H2,1-3H3;1H/t7-;/m0./s1. The third-order valence-corrected chi connectivity index (χ3v) is 1.88. The number of likely N-dealkylation sites (tertiary alicyclic amines) is 1. The van der Waals surface area contributed by atoms with E-state index in [1.807, 2.05) is 20.8 Å². The minimum atomic E-state index is -0.413. The van der Waals surface area contributed by atoms with Crippen molar-refractivity contribution in [1.29, 1.82) is 0 Å². The molecule has 0 spiro atoms. The number of nitrogens with zero attached hydrogens (tertiary/aromatic N) is 1. The summed E-state index contributed by atoms with van der Waals surface area (Å²) in [7, 11) is 0. The molecule has 1 aliphatic rings. The maximum Gasteiger partial charge on any atom is 0.410 e. The summed E-state index contributed by atoms with van der Waals surface area (Å²) in [5.41, 5.74) is 5.26. The van der Waals surface area contributed by atoms with Gasteiger partial charge in [-0.1, -0.05) is 0 Å². The fourth-order valence-electron chi connectivity index (χ4n) is 1.28. The molecule has 1 amide bonds. The number of hydrogen-bond acceptors (Lipinski definition) is 3. The lowest BCUT2D eigenvalue weighted by Crippen LogP contribution is -2.36. The maximum absolute atomic E-state index is 11.5. The minimum Gasteiger partial charge on any atom is -0.444 e. The number of nitrogens with two attached hydrogens (primary N) is 1. The molecule has 1 saturated heterocycles. The first-order valence-corrected chi connectivity index (χ1v) is 4.62. The van der Waals surface area contributed by atoms with Crippen molar-refractivity contribution in [3.8, 4) is 0 Å². The summed E-state index contributed by atoms with van der Waals surface area (Å²) in [6.45, 7) is 6.92. The lowest BCUT2D eigenvalue weighted by molar-refractivity contribution is 0.0293. The molecule has 0 aromatic heterocycles. The fourth-order valence-corrected chi connectivity index (χ4v) is 1.28. The van der Waals surface area contributed by atoms with Crippen molar-refractivity contribution >= 4 is 18.5 Å². The lowest BCUT2D eigenvalue weighted by atomic mass is 10.2. The highest BCUT2D eigenvalue weighted by Gasteiger charge is 2.27. The first-order chi connectivity index (χ1) is 5.88. The second-order valence-corrected chi connectivity index (χ2v) is 4.48. The quantitative estimate of drug-likeness (QED) is 0.674. The van der Waals surface area contributed by atoms with Gasteiger partial charge in [-0.3, -0.25) is 0 Å². The molecule has 0 saturated carbocycles. The van der Waals surface area contributed by atoms with E-state index in [1.54, 1.807) is 4.90 Å². The van der Waals surface area contributed by atoms with Crippen molar-refractivity contribution in [3.63, 3.8) is 0 Å². The van der Waals surface area contributed by atoms with Crippen LogP contribution >= 0.6 is 12.4 Å². The lowest BCUT2D eigenvalue weighted by Gasteiger charge is -2.24. The zero-order chi connectivity index (χ0) is 10.1. The first kappa shape index (κ1) is 13.5. The van der Waals surface area contributed by atoms with E-state index < -0.39 is 5.60 Å². The first-order valence-electron chi connectivity index (χ1n) is 4.62. The SMILES string of the molecule is CC(C)(C)OC(=O)N1CC[C@H](N)C1.Cl. The smallest absolute Gasteiger partial charge is 0.410 e. The van der Waals surface area contributed by atoms with Crippen LogP contribution in [-0.4, -0.2) is 35.7 Å². The van der Waals surface area contributed by atoms with Gasteiger partial charge in [0.1, 0.15) is 5.60 Å². The molecular weight excluding hydrogens is 204 g/mol. The number of carbonyl (C=O) groups is 1. The highest BCUT2D eigenvalue weighted by molar-refractivity contribution is 5.85. The zero-order valence-electron chi connectivity index (χ0n) is 8.95. The molecule has 0 aliphatic carbocycles. The molecule has 1 fully saturated rings. The van der Waals surface area contributed by atoms with Gasteiger partial charge in [0.2, 0.25) is 0 Å². The molecule has 4 nitrogen and oxygen atoms in total. The molecule has 1 aliphatic heterocycles. The van der Waals surface area contributed by atoms with Gasteiger partial charge in [-0.05, 0) is 27.2 Å². The van der Waals surface area contributed by atoms with Crippen molar-refractivity contribution in [1.82, 2.24) is 4.90 Å². The van der Waals surface area contributed by atoms with Crippen LogP contribution in [0.1, 0.15) is 27.2 Å². The highest BCUT2D eigenvalue weighted by Crippen LogP contribution is 2.13. The molecule has 84 valence electrons. The summed E-state index contributed by atoms with van der Waals surface area (Å²) >= 11 is 0. The van der Waals surface area contributed by atoms with Crippen molar-refractivity contribution in [2.24, 2.45) is 5.73 Å². The van der Waals surface area contributed by atoms with Crippen LogP contribution in [0, 0.1) is 0 Å². The topological polar surface area (TPSA) is 55.6 Å². The van der Waals surface area contributed by atoms with E-state index in [4.69, 9.17) is 10.5 Å². The second-order valence-electron chi connectivity index (χ2n) is 4.48. The van der Waals surface area contributed by atoms with Crippen LogP contribution in [0.15, 0.2) is 0 Å². The molecule has 0 aromatic rings. The Morgan fingerprint density at radius 2 is 2.07 bits per heavy atom. The Balaban J connectivity index is 0.00000169. The van der Waals surface area contributed by atoms with Gasteiger partial charge in [-0.25, -0.2) is 4.79 Å². The summed E-state index contributed by atoms with van der Waals surface area (Å²) in [5.74, 6) is 0. The van der Waals surface area contributed by atoms with Crippen LogP contribution in [0.3, 0.4) is 0 Å². The molecule has 5 heteroatoms. The van der Waals surface area contributed by atoms with Gasteiger partial charge in [0, 0.05) is 19.1 Å². The summed E-state index contributed by atoms with van der Waals surface area (Å²) < 4.78 is 5.20. The summed E-state index contributed by atoms with van der Waals surface area (Å²) in [6.07, 6.45) is 0.625. The number of amides is 1. The van der Waals surface area contributed by atoms with Gasteiger partial charge in [0.05, 0.1) is 0 Å². The van der Waals surface area contributed by atoms with Gasteiger partial charge in [0.25, 0.3) is 0 Å². The normalized spacial score (nSPS) is 21.7. The average Bonchev–Trinajstić information content (AvgIpc) is 2.31. The van der Waals surface area contributed by atoms with Gasteiger partial charge >= 0.3 is 6.09 Å². The van der Waals surface area contributed by atoms with Gasteiger partial charge in [-0.2, -0.15) is 0 Å². The van der Waals surface area contributed by atoms with Crippen molar-refractivity contribution in [2.45, 2.75) is 38.8 Å². The van der Waals surface area contributed by atoms with Crippen molar-refractivity contribution in [2.75, 3.05) is 13.1 Å². The molecule has 14 heavy (non-hydrogen) atoms. The van der Waals surface area contributed by atoms with Crippen LogP contribution < -0.4 is 5.73 Å². The third kappa shape index (κ3) is 4.15. The Bertz CT molecular complexity index is 203. The second kappa shape index (κ2) is 4.84. The Labute approximate surface area is 91.2 Å². The van der Waals surface area contributed by atoms with E-state index in [9.17, 15) is 4.79 Å². The zero-order valence-corrected chi connectivity index (χ0v) is 9.76. The summed E-state index contributed by atoms with van der Waals surface area (Å²) in [4.78, 5) is 13.1. The molecule has 2 N–H and O–H groups in total. The molecule has 0 radical (unpaired) electrons. The van der Waals surface area contributed by atoms with Crippen LogP contribution in [0.4, 0.5) is 4.79 Å². The van der Waals surface area contributed by atoms with E-state index >= 15 is 0 Å². The van der Waals surface area contributed by atoms with Crippen LogP contribution in [-0.2, 0) is 4.74 Å². The predicted molar refractivity (Wildman–Crippen MR) is 57.6 cm³/mol. The Hall–Kier alpha value is -0.480. The number of ether oxygens (including phenoxy) is 1. The average molecular weight is 223 g/mol. The molecular formula is C9H19ClN2O2. The van der Waals surface area contributed by atoms with E-state index in [0.29, 0.717) is 6.54 Å². The molecule has 1 atom stereocenters.